The third-order valence-corrected chi connectivity index (χ3v) is 2.40. The van der Waals surface area contributed by atoms with Gasteiger partial charge in [-0.2, -0.15) is 0 Å². The number of amides is 2. The van der Waals surface area contributed by atoms with Crippen molar-refractivity contribution < 1.29 is 24.6 Å². The van der Waals surface area contributed by atoms with Crippen LogP contribution in [0.15, 0.2) is 0 Å². The number of aliphatic hydroxyl groups excluding tert-OH is 1. The molecule has 6 nitrogen and oxygen atoms in total. The molecular formula is C9H13NO5. The third-order valence-electron chi connectivity index (χ3n) is 2.40. The number of hydrogen-bond donors (Lipinski definition) is 2. The van der Waals surface area contributed by atoms with Crippen LogP contribution in [0.4, 0.5) is 0 Å². The topological polar surface area (TPSA) is 94.9 Å². The van der Waals surface area contributed by atoms with Crippen LogP contribution in [0.25, 0.3) is 0 Å². The molecule has 0 aromatic rings. The second-order valence-corrected chi connectivity index (χ2v) is 3.73. The van der Waals surface area contributed by atoms with Crippen LogP contribution >= 0.6 is 0 Å². The van der Waals surface area contributed by atoms with E-state index in [9.17, 15) is 19.5 Å². The van der Waals surface area contributed by atoms with E-state index in [4.69, 9.17) is 5.11 Å². The molecule has 2 amide bonds. The van der Waals surface area contributed by atoms with Gasteiger partial charge in [-0.15, -0.1) is 0 Å². The Hall–Kier alpha value is -1.43. The maximum Gasteiger partial charge on any atom is 0.329 e. The van der Waals surface area contributed by atoms with Crippen molar-refractivity contribution in [3.63, 3.8) is 0 Å². The van der Waals surface area contributed by atoms with Crippen molar-refractivity contribution >= 4 is 17.8 Å². The highest BCUT2D eigenvalue weighted by Gasteiger charge is 2.44. The van der Waals surface area contributed by atoms with Gasteiger partial charge in [0.25, 0.3) is 0 Å². The maximum absolute atomic E-state index is 11.5. The minimum Gasteiger partial charge on any atom is -0.480 e. The summed E-state index contributed by atoms with van der Waals surface area (Å²) >= 11 is 0. The molecule has 2 N–H and O–H groups in total. The normalized spacial score (nSPS) is 25.5. The molecule has 6 heteroatoms. The number of imide groups is 1. The molecule has 0 aliphatic carbocycles. The smallest absolute Gasteiger partial charge is 0.329 e. The van der Waals surface area contributed by atoms with Crippen LogP contribution < -0.4 is 0 Å². The quantitative estimate of drug-likeness (QED) is 0.602. The predicted molar refractivity (Wildman–Crippen MR) is 48.7 cm³/mol. The van der Waals surface area contributed by atoms with Crippen molar-refractivity contribution in [2.75, 3.05) is 0 Å². The van der Waals surface area contributed by atoms with Gasteiger partial charge < -0.3 is 10.2 Å². The minimum absolute atomic E-state index is 0.00926. The van der Waals surface area contributed by atoms with Crippen molar-refractivity contribution in [3.05, 3.63) is 0 Å². The summed E-state index contributed by atoms with van der Waals surface area (Å²) in [6.45, 7) is 2.80. The van der Waals surface area contributed by atoms with Gasteiger partial charge in [0, 0.05) is 12.3 Å². The van der Waals surface area contributed by atoms with Gasteiger partial charge in [0.1, 0.15) is 0 Å². The Labute approximate surface area is 86.5 Å². The Morgan fingerprint density at radius 3 is 2.33 bits per heavy atom. The lowest BCUT2D eigenvalue weighted by atomic mass is 10.1. The highest BCUT2D eigenvalue weighted by atomic mass is 16.4. The van der Waals surface area contributed by atoms with Gasteiger partial charge in [0.2, 0.25) is 11.8 Å². The van der Waals surface area contributed by atoms with E-state index >= 15 is 0 Å². The van der Waals surface area contributed by atoms with E-state index in [1.165, 1.54) is 6.92 Å². The van der Waals surface area contributed by atoms with E-state index < -0.39 is 35.8 Å². The molecule has 0 aromatic heterocycles. The van der Waals surface area contributed by atoms with Gasteiger partial charge in [-0.3, -0.25) is 14.5 Å². The molecule has 0 aromatic carbocycles. The van der Waals surface area contributed by atoms with Crippen molar-refractivity contribution in [3.8, 4) is 0 Å². The first-order valence-corrected chi connectivity index (χ1v) is 4.63. The average molecular weight is 215 g/mol. The molecule has 3 atom stereocenters. The van der Waals surface area contributed by atoms with Crippen molar-refractivity contribution in [1.82, 2.24) is 4.90 Å². The molecule has 0 radical (unpaired) electrons. The largest absolute Gasteiger partial charge is 0.480 e. The number of aliphatic hydroxyl groups is 1. The number of carbonyl (C=O) groups excluding carboxylic acids is 2. The Bertz CT molecular complexity index is 312. The average Bonchev–Trinajstić information content (AvgIpc) is 2.31. The zero-order chi connectivity index (χ0) is 11.7. The van der Waals surface area contributed by atoms with Crippen LogP contribution in [-0.2, 0) is 14.4 Å². The van der Waals surface area contributed by atoms with Crippen LogP contribution in [-0.4, -0.2) is 45.0 Å². The Morgan fingerprint density at radius 2 is 2.07 bits per heavy atom. The van der Waals surface area contributed by atoms with Crippen LogP contribution in [0.2, 0.25) is 0 Å². The first-order chi connectivity index (χ1) is 6.86. The van der Waals surface area contributed by atoms with Gasteiger partial charge in [-0.1, -0.05) is 6.92 Å². The summed E-state index contributed by atoms with van der Waals surface area (Å²) in [6, 6.07) is -1.48. The number of aliphatic carboxylic acids is 1. The Kier molecular flexibility index (Phi) is 3.09. The van der Waals surface area contributed by atoms with Gasteiger partial charge in [0.15, 0.2) is 6.04 Å². The Morgan fingerprint density at radius 1 is 1.53 bits per heavy atom. The first-order valence-electron chi connectivity index (χ1n) is 4.63. The minimum atomic E-state index is -1.48. The fraction of sp³-hybridized carbons (Fsp3) is 0.667. The zero-order valence-corrected chi connectivity index (χ0v) is 8.51. The van der Waals surface area contributed by atoms with E-state index in [1.807, 2.05) is 0 Å². The molecule has 84 valence electrons. The van der Waals surface area contributed by atoms with E-state index in [2.05, 4.69) is 0 Å². The Balaban J connectivity index is 2.99. The summed E-state index contributed by atoms with van der Waals surface area (Å²) in [5.74, 6) is -2.95. The van der Waals surface area contributed by atoms with E-state index in [0.717, 1.165) is 0 Å². The van der Waals surface area contributed by atoms with Gasteiger partial charge in [-0.25, -0.2) is 4.79 Å². The molecule has 15 heavy (non-hydrogen) atoms. The van der Waals surface area contributed by atoms with Crippen LogP contribution in [0.5, 0.6) is 0 Å². The number of nitrogens with zero attached hydrogens (tertiary/aromatic N) is 1. The summed E-state index contributed by atoms with van der Waals surface area (Å²) in [6.07, 6.45) is -1.27. The summed E-state index contributed by atoms with van der Waals surface area (Å²) < 4.78 is 0. The number of carboxylic acids is 1. The summed E-state index contributed by atoms with van der Waals surface area (Å²) in [7, 11) is 0. The monoisotopic (exact) mass is 215 g/mol. The summed E-state index contributed by atoms with van der Waals surface area (Å²) in [5.41, 5.74) is 0. The highest BCUT2D eigenvalue weighted by Crippen LogP contribution is 2.22. The van der Waals surface area contributed by atoms with E-state index in [-0.39, 0.29) is 6.42 Å². The van der Waals surface area contributed by atoms with Crippen LogP contribution in [0.1, 0.15) is 20.3 Å². The molecule has 1 heterocycles. The lowest BCUT2D eigenvalue weighted by Gasteiger charge is -2.24. The second kappa shape index (κ2) is 3.98. The zero-order valence-electron chi connectivity index (χ0n) is 8.51. The van der Waals surface area contributed by atoms with Gasteiger partial charge >= 0.3 is 5.97 Å². The molecule has 3 unspecified atom stereocenters. The lowest BCUT2D eigenvalue weighted by molar-refractivity contribution is -0.159. The summed E-state index contributed by atoms with van der Waals surface area (Å²) in [4.78, 5) is 34.3. The second-order valence-electron chi connectivity index (χ2n) is 3.73. The molecule has 0 saturated carbocycles. The molecule has 1 saturated heterocycles. The van der Waals surface area contributed by atoms with E-state index in [1.54, 1.807) is 6.92 Å². The fourth-order valence-corrected chi connectivity index (χ4v) is 1.63. The molecule has 0 spiro atoms. The predicted octanol–water partition coefficient (Wildman–Crippen LogP) is -0.785. The maximum atomic E-state index is 11.5. The highest BCUT2D eigenvalue weighted by molar-refractivity contribution is 6.06. The van der Waals surface area contributed by atoms with Crippen molar-refractivity contribution in [1.29, 1.82) is 0 Å². The van der Waals surface area contributed by atoms with Crippen LogP contribution in [0.3, 0.4) is 0 Å². The molecule has 1 aliphatic rings. The number of carbonyl (C=O) groups is 3. The number of carboxylic acid groups (broad SMARTS) is 1. The molecule has 1 rings (SSSR count). The van der Waals surface area contributed by atoms with E-state index in [0.29, 0.717) is 4.90 Å². The van der Waals surface area contributed by atoms with Gasteiger partial charge in [-0.05, 0) is 6.92 Å². The van der Waals surface area contributed by atoms with Crippen LogP contribution in [0, 0.1) is 5.92 Å². The summed E-state index contributed by atoms with van der Waals surface area (Å²) in [5, 5.41) is 18.1. The molecule has 0 bridgehead atoms. The number of hydrogen-bond acceptors (Lipinski definition) is 4. The number of likely N-dealkylation sites (tertiary alicyclic amines) is 1. The van der Waals surface area contributed by atoms with Crippen molar-refractivity contribution in [2.45, 2.75) is 32.4 Å². The van der Waals surface area contributed by atoms with Crippen molar-refractivity contribution in [2.24, 2.45) is 5.92 Å². The number of rotatable bonds is 3. The molecule has 1 fully saturated rings. The lowest BCUT2D eigenvalue weighted by Crippen LogP contribution is -2.50. The van der Waals surface area contributed by atoms with Gasteiger partial charge in [0.05, 0.1) is 6.10 Å². The molecule has 1 aliphatic heterocycles. The first kappa shape index (κ1) is 11.6. The standard InChI is InChI=1S/C9H13NO5/c1-4-3-6(12)10(8(4)13)7(5(2)11)9(14)15/h4-5,7,11H,3H2,1-2H3,(H,14,15). The fourth-order valence-electron chi connectivity index (χ4n) is 1.63. The molecular weight excluding hydrogens is 202 g/mol. The third kappa shape index (κ3) is 1.99. The SMILES string of the molecule is CC1CC(=O)N(C(C(=O)O)C(C)O)C1=O.